The molecule has 1 N–H and O–H groups in total. The molecule has 2 aliphatic rings. The van der Waals surface area contributed by atoms with Crippen LogP contribution in [0.4, 0.5) is 14.9 Å². The largest absolute Gasteiger partial charge is 0.334 e. The van der Waals surface area contributed by atoms with E-state index in [0.29, 0.717) is 16.8 Å². The van der Waals surface area contributed by atoms with E-state index in [1.807, 2.05) is 25.1 Å². The van der Waals surface area contributed by atoms with Gasteiger partial charge in [0.15, 0.2) is 0 Å². The fourth-order valence-corrected chi connectivity index (χ4v) is 5.30. The van der Waals surface area contributed by atoms with Crippen LogP contribution in [0.1, 0.15) is 54.5 Å². The van der Waals surface area contributed by atoms with E-state index in [2.05, 4.69) is 46.6 Å². The van der Waals surface area contributed by atoms with Gasteiger partial charge in [-0.3, -0.25) is 4.90 Å². The summed E-state index contributed by atoms with van der Waals surface area (Å²) in [5, 5.41) is 7.30. The van der Waals surface area contributed by atoms with Crippen LogP contribution in [-0.4, -0.2) is 16.2 Å². The maximum absolute atomic E-state index is 13.8. The van der Waals surface area contributed by atoms with Crippen molar-refractivity contribution in [2.24, 2.45) is 0 Å². The Morgan fingerprint density at radius 3 is 2.65 bits per heavy atom. The molecule has 3 aromatic carbocycles. The minimum atomic E-state index is -0.482. The van der Waals surface area contributed by atoms with E-state index in [0.717, 1.165) is 36.9 Å². The quantitative estimate of drug-likeness (QED) is 0.338. The van der Waals surface area contributed by atoms with Crippen molar-refractivity contribution in [1.82, 2.24) is 15.5 Å². The third kappa shape index (κ3) is 4.20. The molecule has 37 heavy (non-hydrogen) atoms. The van der Waals surface area contributed by atoms with E-state index >= 15 is 0 Å². The number of nitrogens with zero attached hydrogens (tertiary/aromatic N) is 3. The predicted molar refractivity (Wildman–Crippen MR) is 140 cm³/mol. The number of amides is 2. The molecule has 2 amide bonds. The van der Waals surface area contributed by atoms with Gasteiger partial charge in [-0.1, -0.05) is 54.5 Å². The maximum atomic E-state index is 13.8. The van der Waals surface area contributed by atoms with E-state index in [1.54, 1.807) is 17.0 Å². The highest BCUT2D eigenvalue weighted by molar-refractivity contribution is 6.01. The van der Waals surface area contributed by atoms with Gasteiger partial charge in [-0.15, -0.1) is 0 Å². The first-order valence-electron chi connectivity index (χ1n) is 12.6. The second-order valence-electron chi connectivity index (χ2n) is 9.55. The number of anilines is 1. The van der Waals surface area contributed by atoms with Crippen molar-refractivity contribution in [3.8, 4) is 11.4 Å². The van der Waals surface area contributed by atoms with E-state index in [9.17, 15) is 9.18 Å². The summed E-state index contributed by atoms with van der Waals surface area (Å²) < 4.78 is 19.6. The van der Waals surface area contributed by atoms with Crippen molar-refractivity contribution in [2.45, 2.75) is 45.6 Å². The fourth-order valence-electron chi connectivity index (χ4n) is 5.30. The average Bonchev–Trinajstić information content (AvgIpc) is 3.58. The van der Waals surface area contributed by atoms with Crippen LogP contribution in [0.3, 0.4) is 0 Å². The molecule has 186 valence electrons. The molecule has 0 saturated heterocycles. The van der Waals surface area contributed by atoms with E-state index < -0.39 is 6.04 Å². The number of urea groups is 1. The van der Waals surface area contributed by atoms with E-state index in [1.165, 1.54) is 28.8 Å². The molecule has 7 heteroatoms. The van der Waals surface area contributed by atoms with Crippen LogP contribution in [0.15, 0.2) is 77.0 Å². The number of carbonyl (C=O) groups is 1. The van der Waals surface area contributed by atoms with Gasteiger partial charge in [-0.25, -0.2) is 9.18 Å². The number of carbonyl (C=O) groups excluding carboxylic acids is 1. The summed E-state index contributed by atoms with van der Waals surface area (Å²) in [5.74, 6) is 0.198. The molecule has 0 fully saturated rings. The molecule has 1 aromatic heterocycles. The number of rotatable bonds is 5. The lowest BCUT2D eigenvalue weighted by molar-refractivity contribution is 0.244. The summed E-state index contributed by atoms with van der Waals surface area (Å²) >= 11 is 0. The minimum Gasteiger partial charge on any atom is -0.334 e. The Morgan fingerprint density at radius 2 is 1.86 bits per heavy atom. The van der Waals surface area contributed by atoms with Crippen molar-refractivity contribution >= 4 is 17.3 Å². The zero-order valence-corrected chi connectivity index (χ0v) is 20.8. The molecule has 1 aliphatic carbocycles. The lowest BCUT2D eigenvalue weighted by Gasteiger charge is -2.35. The molecule has 1 aliphatic heterocycles. The number of benzene rings is 3. The third-order valence-electron chi connectivity index (χ3n) is 7.29. The Bertz CT molecular complexity index is 1520. The predicted octanol–water partition coefficient (Wildman–Crippen LogP) is 6.63. The first-order chi connectivity index (χ1) is 18.0. The van der Waals surface area contributed by atoms with Crippen LogP contribution < -0.4 is 10.2 Å². The number of nitrogens with one attached hydrogen (secondary N) is 1. The molecule has 1 unspecified atom stereocenters. The third-order valence-corrected chi connectivity index (χ3v) is 7.29. The van der Waals surface area contributed by atoms with Gasteiger partial charge in [0.2, 0.25) is 5.82 Å². The lowest BCUT2D eigenvalue weighted by atomic mass is 9.93. The first kappa shape index (κ1) is 23.2. The lowest BCUT2D eigenvalue weighted by Crippen LogP contribution is -2.46. The molecule has 0 saturated carbocycles. The van der Waals surface area contributed by atoms with Gasteiger partial charge in [0.25, 0.3) is 5.89 Å². The number of allylic oxidation sites excluding steroid dienone is 1. The van der Waals surface area contributed by atoms with Crippen molar-refractivity contribution < 1.29 is 13.7 Å². The first-order valence-corrected chi connectivity index (χ1v) is 12.6. The van der Waals surface area contributed by atoms with Crippen molar-refractivity contribution in [2.75, 3.05) is 4.90 Å². The number of aromatic nitrogens is 2. The summed E-state index contributed by atoms with van der Waals surface area (Å²) in [6.07, 6.45) is 4.14. The summed E-state index contributed by atoms with van der Waals surface area (Å²) in [4.78, 5) is 19.8. The summed E-state index contributed by atoms with van der Waals surface area (Å²) in [6, 6.07) is 19.8. The molecule has 6 nitrogen and oxygen atoms in total. The Morgan fingerprint density at radius 1 is 1.05 bits per heavy atom. The highest BCUT2D eigenvalue weighted by atomic mass is 19.1. The molecule has 4 aromatic rings. The highest BCUT2D eigenvalue weighted by Gasteiger charge is 2.36. The van der Waals surface area contributed by atoms with Crippen LogP contribution in [0.5, 0.6) is 0 Å². The van der Waals surface area contributed by atoms with Crippen LogP contribution >= 0.6 is 0 Å². The Hall–Kier alpha value is -4.26. The van der Waals surface area contributed by atoms with E-state index in [-0.39, 0.29) is 23.6 Å². The average molecular weight is 495 g/mol. The SMILES string of the molecule is CCc1ccc(C2NC(=O)N(c3ccc4c(c3)CCC4)C(C)=C2c2nc(-c3cccc(F)c3)no2)cc1. The smallest absolute Gasteiger partial charge is 0.326 e. The van der Waals surface area contributed by atoms with Crippen molar-refractivity contribution in [3.05, 3.63) is 106 Å². The van der Waals surface area contributed by atoms with E-state index in [4.69, 9.17) is 4.52 Å². The number of aryl methyl sites for hydroxylation is 3. The molecular formula is C30H27FN4O2. The summed E-state index contributed by atoms with van der Waals surface area (Å²) in [5.41, 5.74) is 7.49. The topological polar surface area (TPSA) is 71.3 Å². The second kappa shape index (κ2) is 9.32. The Kier molecular flexibility index (Phi) is 5.83. The number of hydrogen-bond acceptors (Lipinski definition) is 4. The second-order valence-corrected chi connectivity index (χ2v) is 9.55. The van der Waals surface area contributed by atoms with Crippen LogP contribution in [0, 0.1) is 5.82 Å². The minimum absolute atomic E-state index is 0.214. The molecular weight excluding hydrogens is 467 g/mol. The van der Waals surface area contributed by atoms with Gasteiger partial charge in [-0.2, -0.15) is 4.98 Å². The monoisotopic (exact) mass is 494 g/mol. The zero-order chi connectivity index (χ0) is 25.5. The summed E-state index contributed by atoms with van der Waals surface area (Å²) in [6.45, 7) is 4.01. The van der Waals surface area contributed by atoms with Gasteiger partial charge < -0.3 is 9.84 Å². The highest BCUT2D eigenvalue weighted by Crippen LogP contribution is 2.40. The Balaban J connectivity index is 1.48. The summed E-state index contributed by atoms with van der Waals surface area (Å²) in [7, 11) is 0. The van der Waals surface area contributed by atoms with Gasteiger partial charge in [-0.05, 0) is 79.1 Å². The van der Waals surface area contributed by atoms with Crippen LogP contribution in [0.2, 0.25) is 0 Å². The maximum Gasteiger partial charge on any atom is 0.326 e. The van der Waals surface area contributed by atoms with Gasteiger partial charge in [0.1, 0.15) is 5.82 Å². The normalized spacial score (nSPS) is 17.2. The van der Waals surface area contributed by atoms with Gasteiger partial charge in [0.05, 0.1) is 17.3 Å². The van der Waals surface area contributed by atoms with Crippen LogP contribution in [0.25, 0.3) is 17.0 Å². The van der Waals surface area contributed by atoms with Gasteiger partial charge in [0, 0.05) is 11.3 Å². The molecule has 0 spiro atoms. The number of hydrogen-bond donors (Lipinski definition) is 1. The molecule has 6 rings (SSSR count). The molecule has 2 heterocycles. The zero-order valence-electron chi connectivity index (χ0n) is 20.8. The van der Waals surface area contributed by atoms with Gasteiger partial charge >= 0.3 is 6.03 Å². The number of halogens is 1. The molecule has 1 atom stereocenters. The Labute approximate surface area is 214 Å². The van der Waals surface area contributed by atoms with Crippen LogP contribution in [-0.2, 0) is 19.3 Å². The standard InChI is InChI=1S/C30H27FN4O2/c1-3-19-10-12-21(13-11-19)27-26(29-33-28(34-37-29)23-8-5-9-24(31)16-23)18(2)35(30(36)32-27)25-15-14-20-6-4-7-22(20)17-25/h5,8-17,27H,3-4,6-7H2,1-2H3,(H,32,36). The fraction of sp³-hybridized carbons (Fsp3) is 0.233. The molecule has 0 radical (unpaired) electrons. The molecule has 0 bridgehead atoms. The number of fused-ring (bicyclic) bond motifs is 1. The van der Waals surface area contributed by atoms with Crippen molar-refractivity contribution in [1.29, 1.82) is 0 Å². The van der Waals surface area contributed by atoms with Crippen molar-refractivity contribution in [3.63, 3.8) is 0 Å².